The molecule has 2 rings (SSSR count). The van der Waals surface area contributed by atoms with Crippen molar-refractivity contribution in [2.75, 3.05) is 18.1 Å². The summed E-state index contributed by atoms with van der Waals surface area (Å²) in [4.78, 5) is 10.3. The van der Waals surface area contributed by atoms with Crippen LogP contribution >= 0.6 is 11.8 Å². The molecule has 1 aromatic rings. The molecule has 1 saturated heterocycles. The smallest absolute Gasteiger partial charge is 0.341 e. The molecule has 0 spiro atoms. The van der Waals surface area contributed by atoms with Gasteiger partial charge in [-0.1, -0.05) is 12.1 Å². The van der Waals surface area contributed by atoms with Crippen LogP contribution in [0.3, 0.4) is 0 Å². The van der Waals surface area contributed by atoms with E-state index in [-0.39, 0.29) is 6.61 Å². The quantitative estimate of drug-likeness (QED) is 0.874. The lowest BCUT2D eigenvalue weighted by atomic mass is 9.99. The van der Waals surface area contributed by atoms with Gasteiger partial charge in [0.15, 0.2) is 6.61 Å². The van der Waals surface area contributed by atoms with E-state index in [2.05, 4.69) is 0 Å². The van der Waals surface area contributed by atoms with Crippen molar-refractivity contribution in [3.63, 3.8) is 0 Å². The van der Waals surface area contributed by atoms with Gasteiger partial charge in [-0.3, -0.25) is 0 Å². The van der Waals surface area contributed by atoms with E-state index >= 15 is 0 Å². The first-order chi connectivity index (χ1) is 7.75. The fraction of sp³-hybridized carbons (Fsp3) is 0.417. The summed E-state index contributed by atoms with van der Waals surface area (Å²) in [6.07, 6.45) is 1.24. The van der Waals surface area contributed by atoms with Gasteiger partial charge >= 0.3 is 5.97 Å². The molecule has 4 heteroatoms. The Bertz CT molecular complexity index is 355. The monoisotopic (exact) mass is 238 g/mol. The van der Waals surface area contributed by atoms with Crippen LogP contribution in [0, 0.1) is 0 Å². The molecule has 0 aliphatic carbocycles. The zero-order valence-electron chi connectivity index (χ0n) is 8.89. The fourth-order valence-corrected chi connectivity index (χ4v) is 3.04. The molecule has 1 heterocycles. The number of hydrogen-bond acceptors (Lipinski definition) is 3. The van der Waals surface area contributed by atoms with Gasteiger partial charge in [0.1, 0.15) is 5.75 Å². The van der Waals surface area contributed by atoms with Crippen LogP contribution in [0.15, 0.2) is 24.3 Å². The highest BCUT2D eigenvalue weighted by atomic mass is 32.2. The number of thioether (sulfide) groups is 1. The van der Waals surface area contributed by atoms with Gasteiger partial charge in [-0.2, -0.15) is 11.8 Å². The third-order valence-corrected chi connectivity index (χ3v) is 3.81. The number of ether oxygens (including phenoxy) is 1. The number of carbonyl (C=O) groups is 1. The molecule has 1 aliphatic heterocycles. The first-order valence-electron chi connectivity index (χ1n) is 5.28. The van der Waals surface area contributed by atoms with Crippen molar-refractivity contribution in [2.45, 2.75) is 12.3 Å². The number of aliphatic carboxylic acids is 1. The van der Waals surface area contributed by atoms with Gasteiger partial charge in [0.25, 0.3) is 0 Å². The van der Waals surface area contributed by atoms with Gasteiger partial charge in [0.05, 0.1) is 0 Å². The Labute approximate surface area is 98.8 Å². The maximum Gasteiger partial charge on any atom is 0.341 e. The molecule has 1 unspecified atom stereocenters. The van der Waals surface area contributed by atoms with Crippen molar-refractivity contribution >= 4 is 17.7 Å². The number of rotatable bonds is 4. The summed E-state index contributed by atoms with van der Waals surface area (Å²) in [5.41, 5.74) is 1.33. The largest absolute Gasteiger partial charge is 0.482 e. The molecule has 1 N–H and O–H groups in total. The van der Waals surface area contributed by atoms with E-state index in [1.54, 1.807) is 0 Å². The van der Waals surface area contributed by atoms with E-state index in [1.165, 1.54) is 23.5 Å². The van der Waals surface area contributed by atoms with Crippen molar-refractivity contribution in [3.05, 3.63) is 29.8 Å². The number of carboxylic acid groups (broad SMARTS) is 1. The van der Waals surface area contributed by atoms with Crippen LogP contribution in [0.5, 0.6) is 5.75 Å². The van der Waals surface area contributed by atoms with Gasteiger partial charge in [-0.15, -0.1) is 0 Å². The molecule has 1 aromatic carbocycles. The van der Waals surface area contributed by atoms with Crippen molar-refractivity contribution in [2.24, 2.45) is 0 Å². The zero-order valence-corrected chi connectivity index (χ0v) is 9.70. The minimum absolute atomic E-state index is 0.279. The average Bonchev–Trinajstić information content (AvgIpc) is 2.80. The zero-order chi connectivity index (χ0) is 11.4. The standard InChI is InChI=1S/C12H14O3S/c13-12(14)7-15-11-3-1-9(2-4-11)10-5-6-16-8-10/h1-4,10H,5-8H2,(H,13,14). The number of carboxylic acids is 1. The molecular weight excluding hydrogens is 224 g/mol. The molecule has 0 radical (unpaired) electrons. The maximum atomic E-state index is 10.3. The molecule has 3 nitrogen and oxygen atoms in total. The van der Waals surface area contributed by atoms with Crippen LogP contribution in [-0.4, -0.2) is 29.2 Å². The minimum atomic E-state index is -0.948. The van der Waals surface area contributed by atoms with Gasteiger partial charge < -0.3 is 9.84 Å². The minimum Gasteiger partial charge on any atom is -0.482 e. The lowest BCUT2D eigenvalue weighted by Gasteiger charge is -2.09. The summed E-state index contributed by atoms with van der Waals surface area (Å²) in [6.45, 7) is -0.279. The first-order valence-corrected chi connectivity index (χ1v) is 6.43. The number of benzene rings is 1. The highest BCUT2D eigenvalue weighted by Crippen LogP contribution is 2.32. The maximum absolute atomic E-state index is 10.3. The Balaban J connectivity index is 1.95. The van der Waals surface area contributed by atoms with Crippen LogP contribution in [-0.2, 0) is 4.79 Å². The summed E-state index contributed by atoms with van der Waals surface area (Å²) >= 11 is 1.99. The SMILES string of the molecule is O=C(O)COc1ccc(C2CCSC2)cc1. The van der Waals surface area contributed by atoms with Crippen molar-refractivity contribution in [3.8, 4) is 5.75 Å². The van der Waals surface area contributed by atoms with E-state index in [4.69, 9.17) is 9.84 Å². The Hall–Kier alpha value is -1.16. The normalized spacial score (nSPS) is 19.6. The van der Waals surface area contributed by atoms with Gasteiger partial charge in [0.2, 0.25) is 0 Å². The van der Waals surface area contributed by atoms with Crippen molar-refractivity contribution < 1.29 is 14.6 Å². The van der Waals surface area contributed by atoms with Crippen LogP contribution in [0.2, 0.25) is 0 Å². The molecule has 86 valence electrons. The summed E-state index contributed by atoms with van der Waals surface area (Å²) in [6, 6.07) is 7.77. The van der Waals surface area contributed by atoms with E-state index in [0.29, 0.717) is 11.7 Å². The second-order valence-electron chi connectivity index (χ2n) is 3.81. The molecule has 0 aromatic heterocycles. The third kappa shape index (κ3) is 2.92. The highest BCUT2D eigenvalue weighted by molar-refractivity contribution is 7.99. The second-order valence-corrected chi connectivity index (χ2v) is 4.96. The summed E-state index contributed by atoms with van der Waals surface area (Å²) < 4.78 is 5.08. The summed E-state index contributed by atoms with van der Waals surface area (Å²) in [5, 5.41) is 8.47. The molecule has 1 fully saturated rings. The molecular formula is C12H14O3S. The lowest BCUT2D eigenvalue weighted by molar-refractivity contribution is -0.139. The van der Waals surface area contributed by atoms with Crippen LogP contribution in [0.4, 0.5) is 0 Å². The van der Waals surface area contributed by atoms with Crippen molar-refractivity contribution in [1.82, 2.24) is 0 Å². The third-order valence-electron chi connectivity index (χ3n) is 2.64. The first kappa shape index (κ1) is 11.3. The number of hydrogen-bond donors (Lipinski definition) is 1. The van der Waals surface area contributed by atoms with Crippen LogP contribution < -0.4 is 4.74 Å². The fourth-order valence-electron chi connectivity index (χ4n) is 1.78. The van der Waals surface area contributed by atoms with E-state index in [0.717, 1.165) is 0 Å². The van der Waals surface area contributed by atoms with E-state index in [1.807, 2.05) is 36.0 Å². The molecule has 1 atom stereocenters. The van der Waals surface area contributed by atoms with Gasteiger partial charge in [-0.25, -0.2) is 4.79 Å². The summed E-state index contributed by atoms with van der Waals surface area (Å²) in [7, 11) is 0. The van der Waals surface area contributed by atoms with Gasteiger partial charge in [-0.05, 0) is 35.8 Å². The highest BCUT2D eigenvalue weighted by Gasteiger charge is 2.17. The molecule has 0 saturated carbocycles. The summed E-state index contributed by atoms with van der Waals surface area (Å²) in [5.74, 6) is 2.75. The molecule has 0 amide bonds. The molecule has 16 heavy (non-hydrogen) atoms. The molecule has 0 bridgehead atoms. The predicted octanol–water partition coefficient (Wildman–Crippen LogP) is 2.37. The van der Waals surface area contributed by atoms with Crippen LogP contribution in [0.1, 0.15) is 17.9 Å². The van der Waals surface area contributed by atoms with Gasteiger partial charge in [0, 0.05) is 5.75 Å². The average molecular weight is 238 g/mol. The lowest BCUT2D eigenvalue weighted by Crippen LogP contribution is -2.09. The Morgan fingerprint density at radius 1 is 1.44 bits per heavy atom. The Morgan fingerprint density at radius 3 is 2.75 bits per heavy atom. The Morgan fingerprint density at radius 2 is 2.19 bits per heavy atom. The Kier molecular flexibility index (Phi) is 3.72. The van der Waals surface area contributed by atoms with Crippen molar-refractivity contribution in [1.29, 1.82) is 0 Å². The predicted molar refractivity (Wildman–Crippen MR) is 64.3 cm³/mol. The topological polar surface area (TPSA) is 46.5 Å². The second kappa shape index (κ2) is 5.25. The van der Waals surface area contributed by atoms with E-state index in [9.17, 15) is 4.79 Å². The van der Waals surface area contributed by atoms with Crippen LogP contribution in [0.25, 0.3) is 0 Å². The van der Waals surface area contributed by atoms with E-state index < -0.39 is 5.97 Å². The molecule has 1 aliphatic rings.